The first-order valence-corrected chi connectivity index (χ1v) is 17.3. The number of fused-ring (bicyclic) bond motifs is 9. The second-order valence-electron chi connectivity index (χ2n) is 12.7. The number of imide groups is 1. The quantitative estimate of drug-likeness (QED) is 0.133. The number of ether oxygens (including phenoxy) is 1. The second kappa shape index (κ2) is 11.8. The number of carbonyl (C=O) groups excluding carboxylic acids is 3. The number of nitrogens with zero attached hydrogens (tertiary/aromatic N) is 2. The zero-order valence-corrected chi connectivity index (χ0v) is 27.2. The lowest BCUT2D eigenvalue weighted by Gasteiger charge is -2.43. The molecule has 2 aliphatic carbocycles. The van der Waals surface area contributed by atoms with Crippen LogP contribution in [0.4, 0.5) is 30.2 Å². The first-order valence-electron chi connectivity index (χ1n) is 15.6. The van der Waals surface area contributed by atoms with E-state index in [9.17, 15) is 42.5 Å². The van der Waals surface area contributed by atoms with E-state index in [0.29, 0.717) is 17.9 Å². The van der Waals surface area contributed by atoms with Gasteiger partial charge in [0.1, 0.15) is 5.75 Å². The summed E-state index contributed by atoms with van der Waals surface area (Å²) in [6.45, 7) is -0.534. The van der Waals surface area contributed by atoms with Crippen LogP contribution >= 0.6 is 23.1 Å². The molecular weight excluding hydrogens is 698 g/mol. The molecule has 1 aromatic heterocycles. The summed E-state index contributed by atoms with van der Waals surface area (Å²) in [4.78, 5) is 68.2. The average Bonchev–Trinajstić information content (AvgIpc) is 3.82. The molecule has 6 unspecified atom stereocenters. The highest BCUT2D eigenvalue weighted by Crippen LogP contribution is 2.68. The van der Waals surface area contributed by atoms with Crippen molar-refractivity contribution in [3.05, 3.63) is 109 Å². The monoisotopic (exact) mass is 722 g/mol. The predicted octanol–water partition coefficient (Wildman–Crippen LogP) is 6.06. The van der Waals surface area contributed by atoms with E-state index in [-0.39, 0.29) is 57.0 Å². The van der Waals surface area contributed by atoms with Crippen LogP contribution in [0.1, 0.15) is 28.3 Å². The van der Waals surface area contributed by atoms with Gasteiger partial charge in [-0.2, -0.15) is 13.2 Å². The van der Waals surface area contributed by atoms with Crippen LogP contribution in [0.25, 0.3) is 0 Å². The third kappa shape index (κ3) is 5.19. The molecule has 8 rings (SSSR count). The second-order valence-corrected chi connectivity index (χ2v) is 14.9. The topological polar surface area (TPSA) is 152 Å². The molecular formula is C34H25F3N4O7S2. The van der Waals surface area contributed by atoms with Crippen molar-refractivity contribution in [1.29, 1.82) is 0 Å². The summed E-state index contributed by atoms with van der Waals surface area (Å²) in [6, 6.07) is 16.9. The summed E-state index contributed by atoms with van der Waals surface area (Å²) in [5.74, 6) is -2.82. The molecule has 256 valence electrons. The zero-order chi connectivity index (χ0) is 35.1. The highest BCUT2D eigenvalue weighted by Gasteiger charge is 2.69. The molecule has 1 saturated heterocycles. The lowest BCUT2D eigenvalue weighted by Crippen LogP contribution is -2.42. The van der Waals surface area contributed by atoms with Crippen molar-refractivity contribution in [2.45, 2.75) is 28.8 Å². The van der Waals surface area contributed by atoms with Crippen LogP contribution < -0.4 is 19.8 Å². The Kier molecular flexibility index (Phi) is 7.63. The number of nitrogens with one attached hydrogen (secondary N) is 2. The Bertz CT molecular complexity index is 2120. The molecule has 2 N–H and O–H groups in total. The molecule has 3 aromatic carbocycles. The van der Waals surface area contributed by atoms with E-state index in [1.807, 2.05) is 12.1 Å². The SMILES string of the molecule is O=C(COc1ccc([C@H]2c3sc(=O)[nH]c3SC3C4CC(C5C(=O)N(c6ccc([N+](=O)[O-])cc6)C(=O)C45)C32)cc1)Nc1ccccc1C(F)(F)F. The molecule has 2 saturated carbocycles. The van der Waals surface area contributed by atoms with E-state index in [2.05, 4.69) is 10.3 Å². The summed E-state index contributed by atoms with van der Waals surface area (Å²) in [6.07, 6.45) is -3.97. The largest absolute Gasteiger partial charge is 0.484 e. The maximum atomic E-state index is 13.9. The summed E-state index contributed by atoms with van der Waals surface area (Å²) in [5.41, 5.74) is -0.348. The first kappa shape index (κ1) is 32.3. The van der Waals surface area contributed by atoms with Gasteiger partial charge in [0, 0.05) is 28.2 Å². The number of halogens is 3. The molecule has 16 heteroatoms. The van der Waals surface area contributed by atoms with Crippen molar-refractivity contribution < 1.29 is 37.2 Å². The van der Waals surface area contributed by atoms with E-state index in [4.69, 9.17) is 4.74 Å². The van der Waals surface area contributed by atoms with Crippen molar-refractivity contribution in [2.24, 2.45) is 29.6 Å². The van der Waals surface area contributed by atoms with Crippen molar-refractivity contribution >= 4 is 57.9 Å². The molecule has 0 radical (unpaired) electrons. The Morgan fingerprint density at radius 2 is 1.66 bits per heavy atom. The number of rotatable bonds is 7. The number of aromatic nitrogens is 1. The number of amides is 3. The normalized spacial score (nSPS) is 26.4. The Balaban J connectivity index is 1.03. The maximum Gasteiger partial charge on any atom is 0.418 e. The van der Waals surface area contributed by atoms with Crippen molar-refractivity contribution in [3.63, 3.8) is 0 Å². The van der Waals surface area contributed by atoms with E-state index in [1.54, 1.807) is 23.9 Å². The number of thiazole rings is 1. The molecule has 0 spiro atoms. The number of H-pyrrole nitrogens is 1. The van der Waals surface area contributed by atoms with Crippen LogP contribution in [0.3, 0.4) is 0 Å². The number of aromatic amines is 1. The van der Waals surface area contributed by atoms with Crippen LogP contribution in [0.15, 0.2) is 82.6 Å². The van der Waals surface area contributed by atoms with Gasteiger partial charge in [-0.25, -0.2) is 0 Å². The first-order chi connectivity index (χ1) is 23.9. The third-order valence-corrected chi connectivity index (χ3v) is 12.7. The molecule has 11 nitrogen and oxygen atoms in total. The van der Waals surface area contributed by atoms with Gasteiger partial charge in [0.25, 0.3) is 11.6 Å². The summed E-state index contributed by atoms with van der Waals surface area (Å²) in [7, 11) is 0. The number of nitro benzene ring substituents is 1. The number of carbonyl (C=O) groups is 3. The van der Waals surface area contributed by atoms with Gasteiger partial charge in [-0.3, -0.25) is 34.2 Å². The molecule has 3 heterocycles. The molecule has 4 aromatic rings. The number of hydrogen-bond acceptors (Lipinski definition) is 9. The highest BCUT2D eigenvalue weighted by atomic mass is 32.2. The van der Waals surface area contributed by atoms with Crippen molar-refractivity contribution in [2.75, 3.05) is 16.8 Å². The number of hydrogen-bond donors (Lipinski definition) is 2. The standard InChI is InChI=1S/C34H25F3N4O7S2/c35-34(36,37)21-3-1-2-4-22(21)38-23(42)14-48-18-11-5-15(6-12-18)24-25-19-13-20(28(25)49-30-29(24)50-33(45)39-30)27-26(19)31(43)40(32(27)44)16-7-9-17(10-8-16)41(46)47/h1-12,19-20,24-28H,13-14H2,(H,38,42)(H,39,45)/t19?,20?,24-,25?,26?,27?,28?/m1/s1. The minimum Gasteiger partial charge on any atom is -0.484 e. The smallest absolute Gasteiger partial charge is 0.418 e. The lowest BCUT2D eigenvalue weighted by molar-refractivity contribution is -0.384. The fraction of sp³-hybridized carbons (Fsp3) is 0.294. The number of alkyl halides is 3. The van der Waals surface area contributed by atoms with Gasteiger partial charge in [0.2, 0.25) is 11.8 Å². The van der Waals surface area contributed by atoms with Gasteiger partial charge in [-0.05, 0) is 66.1 Å². The van der Waals surface area contributed by atoms with Crippen LogP contribution in [-0.4, -0.2) is 39.5 Å². The van der Waals surface area contributed by atoms with Crippen molar-refractivity contribution in [1.82, 2.24) is 4.98 Å². The van der Waals surface area contributed by atoms with Crippen molar-refractivity contribution in [3.8, 4) is 5.75 Å². The Morgan fingerprint density at radius 3 is 2.34 bits per heavy atom. The number of nitro groups is 1. The molecule has 2 bridgehead atoms. The van der Waals surface area contributed by atoms with Gasteiger partial charge in [-0.15, -0.1) is 11.8 Å². The number of non-ortho nitro benzene ring substituents is 1. The van der Waals surface area contributed by atoms with Gasteiger partial charge >= 0.3 is 11.0 Å². The van der Waals surface area contributed by atoms with Gasteiger partial charge in [0.05, 0.1) is 38.7 Å². The Hall–Kier alpha value is -4.96. The molecule has 2 aliphatic heterocycles. The molecule has 3 fully saturated rings. The van der Waals surface area contributed by atoms with Crippen LogP contribution in [-0.2, 0) is 20.6 Å². The predicted molar refractivity (Wildman–Crippen MR) is 176 cm³/mol. The minimum absolute atomic E-state index is 0.0586. The van der Waals surface area contributed by atoms with E-state index in [1.165, 1.54) is 36.4 Å². The molecule has 3 amide bonds. The average molecular weight is 723 g/mol. The third-order valence-electron chi connectivity index (χ3n) is 10.2. The molecule has 50 heavy (non-hydrogen) atoms. The van der Waals surface area contributed by atoms with E-state index < -0.39 is 41.0 Å². The summed E-state index contributed by atoms with van der Waals surface area (Å²) in [5, 5.41) is 14.1. The summed E-state index contributed by atoms with van der Waals surface area (Å²) < 4.78 is 45.6. The number of para-hydroxylation sites is 1. The van der Waals surface area contributed by atoms with Gasteiger partial charge in [0.15, 0.2) is 6.61 Å². The van der Waals surface area contributed by atoms with Crippen LogP contribution in [0.5, 0.6) is 5.75 Å². The maximum absolute atomic E-state index is 13.9. The Morgan fingerprint density at radius 1 is 0.980 bits per heavy atom. The molecule has 7 atom stereocenters. The molecule has 4 aliphatic rings. The van der Waals surface area contributed by atoms with E-state index in [0.717, 1.165) is 43.8 Å². The van der Waals surface area contributed by atoms with Gasteiger partial charge < -0.3 is 15.0 Å². The number of benzene rings is 3. The van der Waals surface area contributed by atoms with Crippen LogP contribution in [0.2, 0.25) is 0 Å². The lowest BCUT2D eigenvalue weighted by atomic mass is 9.68. The zero-order valence-electron chi connectivity index (χ0n) is 25.6. The van der Waals surface area contributed by atoms with Gasteiger partial charge in [-0.1, -0.05) is 35.6 Å². The highest BCUT2D eigenvalue weighted by molar-refractivity contribution is 8.00. The number of thioether (sulfide) groups is 1. The minimum atomic E-state index is -4.64. The fourth-order valence-electron chi connectivity index (χ4n) is 8.31. The Labute approximate surface area is 289 Å². The fourth-order valence-corrected chi connectivity index (χ4v) is 11.2. The number of anilines is 2. The summed E-state index contributed by atoms with van der Waals surface area (Å²) >= 11 is 2.65. The van der Waals surface area contributed by atoms with E-state index >= 15 is 0 Å². The van der Waals surface area contributed by atoms with Crippen LogP contribution in [0, 0.1) is 39.7 Å².